The minimum absolute atomic E-state index is 0.0742. The number of anilines is 1. The summed E-state index contributed by atoms with van der Waals surface area (Å²) in [4.78, 5) is 32.1. The fraction of sp³-hybridized carbons (Fsp3) is 0.273. The Hall–Kier alpha value is -3.19. The molecule has 0 spiro atoms. The van der Waals surface area contributed by atoms with Crippen molar-refractivity contribution in [2.24, 2.45) is 0 Å². The van der Waals surface area contributed by atoms with E-state index in [9.17, 15) is 9.59 Å². The van der Waals surface area contributed by atoms with Gasteiger partial charge in [-0.25, -0.2) is 9.67 Å². The molecule has 1 fully saturated rings. The van der Waals surface area contributed by atoms with E-state index in [0.717, 1.165) is 37.3 Å². The molecule has 1 aromatic carbocycles. The number of nitrogens with zero attached hydrogens (tertiary/aromatic N) is 4. The summed E-state index contributed by atoms with van der Waals surface area (Å²) in [5.41, 5.74) is 2.72. The lowest BCUT2D eigenvalue weighted by Gasteiger charge is -2.18. The Kier molecular flexibility index (Phi) is 5.55. The lowest BCUT2D eigenvalue weighted by atomic mass is 10.1. The molecule has 0 bridgehead atoms. The third-order valence-electron chi connectivity index (χ3n) is 5.07. The van der Waals surface area contributed by atoms with Gasteiger partial charge in [0.1, 0.15) is 5.69 Å². The summed E-state index contributed by atoms with van der Waals surface area (Å²) in [6.45, 7) is 5.27. The number of para-hydroxylation sites is 1. The SMILES string of the molecule is Cc1cc(C)n(-c2ccc(Cl)c(C(=O)Nc3ccccc3C(=O)N3CCCC3)n2)n1. The highest BCUT2D eigenvalue weighted by molar-refractivity contribution is 6.34. The minimum atomic E-state index is -0.481. The van der Waals surface area contributed by atoms with Crippen LogP contribution < -0.4 is 5.32 Å². The van der Waals surface area contributed by atoms with Gasteiger partial charge in [-0.15, -0.1) is 0 Å². The number of nitrogens with one attached hydrogen (secondary N) is 1. The first-order valence-corrected chi connectivity index (χ1v) is 10.2. The molecule has 0 saturated carbocycles. The van der Waals surface area contributed by atoms with Crippen molar-refractivity contribution in [2.75, 3.05) is 18.4 Å². The number of halogens is 1. The molecule has 30 heavy (non-hydrogen) atoms. The van der Waals surface area contributed by atoms with Crippen molar-refractivity contribution >= 4 is 29.1 Å². The number of amides is 2. The van der Waals surface area contributed by atoms with E-state index >= 15 is 0 Å². The second-order valence-electron chi connectivity index (χ2n) is 7.34. The van der Waals surface area contributed by atoms with E-state index in [2.05, 4.69) is 15.4 Å². The number of likely N-dealkylation sites (tertiary alicyclic amines) is 1. The maximum absolute atomic E-state index is 13.0. The Morgan fingerprint density at radius 1 is 1.07 bits per heavy atom. The smallest absolute Gasteiger partial charge is 0.275 e. The van der Waals surface area contributed by atoms with Crippen LogP contribution >= 0.6 is 11.6 Å². The monoisotopic (exact) mass is 423 g/mol. The van der Waals surface area contributed by atoms with Gasteiger partial charge in [-0.2, -0.15) is 5.10 Å². The molecule has 2 aromatic heterocycles. The van der Waals surface area contributed by atoms with Crippen molar-refractivity contribution in [3.05, 3.63) is 70.1 Å². The van der Waals surface area contributed by atoms with Crippen molar-refractivity contribution in [1.82, 2.24) is 19.7 Å². The Balaban J connectivity index is 1.63. The van der Waals surface area contributed by atoms with Crippen LogP contribution in [0, 0.1) is 13.8 Å². The second kappa shape index (κ2) is 8.28. The standard InChI is InChI=1S/C22H22ClN5O2/c1-14-13-15(2)28(26-14)19-10-9-17(23)20(25-19)21(29)24-18-8-4-3-7-16(18)22(30)27-11-5-6-12-27/h3-4,7-10,13H,5-6,11-12H2,1-2H3,(H,24,29). The molecule has 0 unspecified atom stereocenters. The minimum Gasteiger partial charge on any atom is -0.339 e. The van der Waals surface area contributed by atoms with Crippen molar-refractivity contribution in [3.8, 4) is 5.82 Å². The fourth-order valence-electron chi connectivity index (χ4n) is 3.62. The molecule has 154 valence electrons. The van der Waals surface area contributed by atoms with Gasteiger partial charge in [-0.05, 0) is 57.0 Å². The third kappa shape index (κ3) is 3.93. The van der Waals surface area contributed by atoms with Crippen LogP contribution in [0.2, 0.25) is 5.02 Å². The molecule has 4 rings (SSSR count). The molecule has 3 aromatic rings. The normalized spacial score (nSPS) is 13.5. The summed E-state index contributed by atoms with van der Waals surface area (Å²) < 4.78 is 1.66. The quantitative estimate of drug-likeness (QED) is 0.687. The Bertz CT molecular complexity index is 1120. The molecular formula is C22H22ClN5O2. The van der Waals surface area contributed by atoms with Crippen LogP contribution in [0.15, 0.2) is 42.5 Å². The van der Waals surface area contributed by atoms with Crippen molar-refractivity contribution in [2.45, 2.75) is 26.7 Å². The first kappa shape index (κ1) is 20.1. The van der Waals surface area contributed by atoms with Crippen LogP contribution in [0.1, 0.15) is 45.1 Å². The molecule has 2 amide bonds. The number of aromatic nitrogens is 3. The van der Waals surface area contributed by atoms with Crippen LogP contribution in [-0.4, -0.2) is 44.6 Å². The van der Waals surface area contributed by atoms with E-state index in [-0.39, 0.29) is 16.6 Å². The number of aryl methyl sites for hydroxylation is 2. The number of hydrogen-bond acceptors (Lipinski definition) is 4. The van der Waals surface area contributed by atoms with E-state index in [0.29, 0.717) is 17.1 Å². The lowest BCUT2D eigenvalue weighted by molar-refractivity contribution is 0.0794. The Labute approximate surface area is 179 Å². The topological polar surface area (TPSA) is 80.1 Å². The zero-order chi connectivity index (χ0) is 21.3. The van der Waals surface area contributed by atoms with Gasteiger partial charge < -0.3 is 10.2 Å². The summed E-state index contributed by atoms with van der Waals surface area (Å²) >= 11 is 6.27. The van der Waals surface area contributed by atoms with Gasteiger partial charge in [0.25, 0.3) is 11.8 Å². The molecule has 3 heterocycles. The number of pyridine rings is 1. The van der Waals surface area contributed by atoms with Gasteiger partial charge in [-0.1, -0.05) is 23.7 Å². The van der Waals surface area contributed by atoms with E-state index in [1.165, 1.54) is 0 Å². The maximum Gasteiger partial charge on any atom is 0.275 e. The largest absolute Gasteiger partial charge is 0.339 e. The Morgan fingerprint density at radius 2 is 1.80 bits per heavy atom. The molecule has 1 saturated heterocycles. The molecular weight excluding hydrogens is 402 g/mol. The van der Waals surface area contributed by atoms with Crippen LogP contribution in [0.25, 0.3) is 5.82 Å². The van der Waals surface area contributed by atoms with Crippen LogP contribution in [0.5, 0.6) is 0 Å². The van der Waals surface area contributed by atoms with Crippen molar-refractivity contribution in [3.63, 3.8) is 0 Å². The van der Waals surface area contributed by atoms with Gasteiger partial charge in [-0.3, -0.25) is 9.59 Å². The predicted octanol–water partition coefficient (Wildman–Crippen LogP) is 4.03. The molecule has 0 radical (unpaired) electrons. The van der Waals surface area contributed by atoms with Gasteiger partial charge in [0.05, 0.1) is 22.0 Å². The van der Waals surface area contributed by atoms with Gasteiger partial charge in [0.15, 0.2) is 5.82 Å². The highest BCUT2D eigenvalue weighted by Crippen LogP contribution is 2.23. The fourth-order valence-corrected chi connectivity index (χ4v) is 3.81. The molecule has 0 atom stereocenters. The molecule has 8 heteroatoms. The van der Waals surface area contributed by atoms with Crippen LogP contribution in [-0.2, 0) is 0 Å². The van der Waals surface area contributed by atoms with Gasteiger partial charge >= 0.3 is 0 Å². The molecule has 1 aliphatic heterocycles. The highest BCUT2D eigenvalue weighted by Gasteiger charge is 2.23. The first-order chi connectivity index (χ1) is 14.4. The van der Waals surface area contributed by atoms with Gasteiger partial charge in [0.2, 0.25) is 0 Å². The Morgan fingerprint density at radius 3 is 2.50 bits per heavy atom. The number of hydrogen-bond donors (Lipinski definition) is 1. The summed E-state index contributed by atoms with van der Waals surface area (Å²) in [6.07, 6.45) is 2.00. The number of benzene rings is 1. The van der Waals surface area contributed by atoms with Crippen LogP contribution in [0.4, 0.5) is 5.69 Å². The molecule has 0 aliphatic carbocycles. The molecule has 7 nitrogen and oxygen atoms in total. The maximum atomic E-state index is 13.0. The zero-order valence-corrected chi connectivity index (χ0v) is 17.6. The average Bonchev–Trinajstić information content (AvgIpc) is 3.38. The zero-order valence-electron chi connectivity index (χ0n) is 16.9. The van der Waals surface area contributed by atoms with Crippen LogP contribution in [0.3, 0.4) is 0 Å². The number of rotatable bonds is 4. The van der Waals surface area contributed by atoms with Gasteiger partial charge in [0, 0.05) is 18.8 Å². The van der Waals surface area contributed by atoms with E-state index < -0.39 is 5.91 Å². The summed E-state index contributed by atoms with van der Waals surface area (Å²) in [5, 5.41) is 7.44. The van der Waals surface area contributed by atoms with E-state index in [1.807, 2.05) is 19.9 Å². The first-order valence-electron chi connectivity index (χ1n) is 9.84. The molecule has 1 N–H and O–H groups in total. The van der Waals surface area contributed by atoms with E-state index in [1.54, 1.807) is 46.0 Å². The summed E-state index contributed by atoms with van der Waals surface area (Å²) in [5.74, 6) is -0.0690. The van der Waals surface area contributed by atoms with Crippen molar-refractivity contribution < 1.29 is 9.59 Å². The summed E-state index contributed by atoms with van der Waals surface area (Å²) in [7, 11) is 0. The predicted molar refractivity (Wildman–Crippen MR) is 115 cm³/mol. The number of carbonyl (C=O) groups excluding carboxylic acids is 2. The second-order valence-corrected chi connectivity index (χ2v) is 7.74. The molecule has 1 aliphatic rings. The van der Waals surface area contributed by atoms with E-state index in [4.69, 9.17) is 11.6 Å². The number of carbonyl (C=O) groups is 2. The highest BCUT2D eigenvalue weighted by atomic mass is 35.5. The lowest BCUT2D eigenvalue weighted by Crippen LogP contribution is -2.29. The average molecular weight is 424 g/mol. The summed E-state index contributed by atoms with van der Waals surface area (Å²) in [6, 6.07) is 12.2. The van der Waals surface area contributed by atoms with Crippen molar-refractivity contribution in [1.29, 1.82) is 0 Å². The third-order valence-corrected chi connectivity index (χ3v) is 5.38.